The lowest BCUT2D eigenvalue weighted by Crippen LogP contribution is -2.15. The summed E-state index contributed by atoms with van der Waals surface area (Å²) in [6.07, 6.45) is 5.34. The van der Waals surface area contributed by atoms with Crippen molar-refractivity contribution in [3.63, 3.8) is 0 Å². The molecule has 0 unspecified atom stereocenters. The Labute approximate surface area is 185 Å². The molecule has 0 aliphatic carbocycles. The third-order valence-electron chi connectivity index (χ3n) is 5.04. The van der Waals surface area contributed by atoms with Crippen LogP contribution < -0.4 is 10.1 Å². The maximum atomic E-state index is 12.9. The average Bonchev–Trinajstić information content (AvgIpc) is 2.85. The summed E-state index contributed by atoms with van der Waals surface area (Å²) in [7, 11) is 0. The van der Waals surface area contributed by atoms with E-state index < -0.39 is 0 Å². The average molecular weight is 423 g/mol. The molecule has 0 atom stereocenters. The number of ether oxygens (including phenoxy) is 1. The second-order valence-corrected chi connectivity index (χ2v) is 7.17. The summed E-state index contributed by atoms with van der Waals surface area (Å²) < 4.78 is 5.76. The van der Waals surface area contributed by atoms with Gasteiger partial charge in [-0.05, 0) is 35.7 Å². The molecule has 1 N–H and O–H groups in total. The van der Waals surface area contributed by atoms with Crippen LogP contribution in [-0.2, 0) is 6.61 Å². The highest BCUT2D eigenvalue weighted by Gasteiger charge is 2.15. The molecule has 0 aliphatic rings. The van der Waals surface area contributed by atoms with Crippen molar-refractivity contribution >= 4 is 17.9 Å². The van der Waals surface area contributed by atoms with E-state index in [1.54, 1.807) is 18.5 Å². The van der Waals surface area contributed by atoms with Crippen LogP contribution in [-0.4, -0.2) is 22.2 Å². The highest BCUT2D eigenvalue weighted by Crippen LogP contribution is 2.29. The molecule has 0 saturated carbocycles. The van der Waals surface area contributed by atoms with Crippen LogP contribution in [0.2, 0.25) is 0 Å². The molecule has 158 valence electrons. The highest BCUT2D eigenvalue weighted by atomic mass is 16.5. The first-order valence-corrected chi connectivity index (χ1v) is 10.1. The summed E-state index contributed by atoms with van der Waals surface area (Å²) in [4.78, 5) is 32.5. The second-order valence-electron chi connectivity index (χ2n) is 7.17. The highest BCUT2D eigenvalue weighted by molar-refractivity contribution is 6.04. The van der Waals surface area contributed by atoms with Crippen LogP contribution in [0.4, 0.5) is 5.69 Å². The number of pyridine rings is 2. The van der Waals surface area contributed by atoms with Gasteiger partial charge < -0.3 is 10.1 Å². The molecular weight excluding hydrogens is 402 g/mol. The molecule has 1 amide bonds. The minimum Gasteiger partial charge on any atom is -0.488 e. The fourth-order valence-electron chi connectivity index (χ4n) is 3.32. The molecule has 2 aromatic carbocycles. The number of carbonyl (C=O) groups excluding carboxylic acids is 2. The third kappa shape index (κ3) is 4.70. The number of carbonyl (C=O) groups is 2. The van der Waals surface area contributed by atoms with Crippen molar-refractivity contribution in [3.05, 3.63) is 108 Å². The number of aromatic nitrogens is 2. The van der Waals surface area contributed by atoms with Crippen molar-refractivity contribution in [2.45, 2.75) is 13.5 Å². The molecule has 2 aromatic heterocycles. The third-order valence-corrected chi connectivity index (χ3v) is 5.04. The second kappa shape index (κ2) is 9.66. The molecule has 0 fully saturated rings. The van der Waals surface area contributed by atoms with Gasteiger partial charge in [-0.25, -0.2) is 0 Å². The van der Waals surface area contributed by atoms with Gasteiger partial charge in [0.05, 0.1) is 5.56 Å². The standard InChI is InChI=1S/C26H21N3O3/c1-18-22(20-8-3-2-4-9-20)10-5-11-23(18)29-26(31)24-13-25(21(16-30)15-28-24)32-17-19-7-6-12-27-14-19/h2-16H,17H2,1H3,(H,29,31). The molecule has 4 aromatic rings. The molecule has 0 spiro atoms. The van der Waals surface area contributed by atoms with Crippen molar-refractivity contribution in [3.8, 4) is 16.9 Å². The van der Waals surface area contributed by atoms with Gasteiger partial charge in [0.15, 0.2) is 6.29 Å². The largest absolute Gasteiger partial charge is 0.488 e. The Hall–Kier alpha value is -4.32. The van der Waals surface area contributed by atoms with Gasteiger partial charge in [0.2, 0.25) is 0 Å². The fourth-order valence-corrected chi connectivity index (χ4v) is 3.32. The maximum absolute atomic E-state index is 12.9. The Balaban J connectivity index is 1.55. The van der Waals surface area contributed by atoms with E-state index in [0.717, 1.165) is 22.3 Å². The summed E-state index contributed by atoms with van der Waals surface area (Å²) in [5.41, 5.74) is 5.02. The molecule has 0 bridgehead atoms. The Morgan fingerprint density at radius 2 is 1.88 bits per heavy atom. The number of aldehydes is 1. The Morgan fingerprint density at radius 3 is 2.62 bits per heavy atom. The summed E-state index contributed by atoms with van der Waals surface area (Å²) in [5, 5.41) is 2.92. The van der Waals surface area contributed by atoms with Gasteiger partial charge >= 0.3 is 0 Å². The minimum atomic E-state index is -0.387. The zero-order chi connectivity index (χ0) is 22.3. The number of nitrogens with zero attached hydrogens (tertiary/aromatic N) is 2. The molecule has 0 radical (unpaired) electrons. The van der Waals surface area contributed by atoms with Crippen molar-refractivity contribution in [2.24, 2.45) is 0 Å². The quantitative estimate of drug-likeness (QED) is 0.419. The number of hydrogen-bond donors (Lipinski definition) is 1. The predicted octanol–water partition coefficient (Wildman–Crippen LogP) is 5.10. The van der Waals surface area contributed by atoms with E-state index in [1.165, 1.54) is 12.3 Å². The molecule has 0 aliphatic heterocycles. The molecule has 6 heteroatoms. The number of amides is 1. The topological polar surface area (TPSA) is 81.2 Å². The van der Waals surface area contributed by atoms with E-state index in [1.807, 2.05) is 61.5 Å². The Bertz CT molecular complexity index is 1240. The van der Waals surface area contributed by atoms with Gasteiger partial charge in [-0.1, -0.05) is 48.5 Å². The molecule has 32 heavy (non-hydrogen) atoms. The molecule has 0 saturated heterocycles. The van der Waals surface area contributed by atoms with E-state index in [4.69, 9.17) is 4.74 Å². The monoisotopic (exact) mass is 423 g/mol. The lowest BCUT2D eigenvalue weighted by atomic mass is 9.99. The number of hydrogen-bond acceptors (Lipinski definition) is 5. The Kier molecular flexibility index (Phi) is 6.32. The fraction of sp³-hybridized carbons (Fsp3) is 0.0769. The van der Waals surface area contributed by atoms with Gasteiger partial charge in [0, 0.05) is 35.9 Å². The van der Waals surface area contributed by atoms with Crippen LogP contribution in [0.3, 0.4) is 0 Å². The maximum Gasteiger partial charge on any atom is 0.274 e. The molecule has 6 nitrogen and oxygen atoms in total. The molecule has 4 rings (SSSR count). The van der Waals surface area contributed by atoms with Gasteiger partial charge in [-0.2, -0.15) is 0 Å². The van der Waals surface area contributed by atoms with Crippen LogP contribution in [0.15, 0.2) is 85.3 Å². The SMILES string of the molecule is Cc1c(NC(=O)c2cc(OCc3cccnc3)c(C=O)cn2)cccc1-c1ccccc1. The first-order chi connectivity index (χ1) is 15.7. The van der Waals surface area contributed by atoms with E-state index >= 15 is 0 Å². The van der Waals surface area contributed by atoms with Crippen LogP contribution in [0, 0.1) is 6.92 Å². The van der Waals surface area contributed by atoms with Crippen LogP contribution in [0.5, 0.6) is 5.75 Å². The summed E-state index contributed by atoms with van der Waals surface area (Å²) in [6, 6.07) is 20.9. The van der Waals surface area contributed by atoms with Gasteiger partial charge in [0.1, 0.15) is 18.1 Å². The zero-order valence-electron chi connectivity index (χ0n) is 17.5. The zero-order valence-corrected chi connectivity index (χ0v) is 17.5. The van der Waals surface area contributed by atoms with Crippen molar-refractivity contribution in [1.82, 2.24) is 9.97 Å². The van der Waals surface area contributed by atoms with Gasteiger partial charge in [0.25, 0.3) is 5.91 Å². The van der Waals surface area contributed by atoms with Gasteiger partial charge in [-0.15, -0.1) is 0 Å². The van der Waals surface area contributed by atoms with Crippen LogP contribution in [0.1, 0.15) is 32.0 Å². The number of nitrogens with one attached hydrogen (secondary N) is 1. The smallest absolute Gasteiger partial charge is 0.274 e. The van der Waals surface area contributed by atoms with Crippen molar-refractivity contribution < 1.29 is 14.3 Å². The lowest BCUT2D eigenvalue weighted by Gasteiger charge is -2.13. The lowest BCUT2D eigenvalue weighted by molar-refractivity contribution is 0.102. The number of rotatable bonds is 7. The minimum absolute atomic E-state index is 0.154. The van der Waals surface area contributed by atoms with Crippen molar-refractivity contribution in [2.75, 3.05) is 5.32 Å². The van der Waals surface area contributed by atoms with Crippen molar-refractivity contribution in [1.29, 1.82) is 0 Å². The van der Waals surface area contributed by atoms with Crippen LogP contribution in [0.25, 0.3) is 11.1 Å². The van der Waals surface area contributed by atoms with E-state index in [9.17, 15) is 9.59 Å². The molecule has 2 heterocycles. The number of anilines is 1. The normalized spacial score (nSPS) is 10.4. The molecular formula is C26H21N3O3. The first kappa shape index (κ1) is 20.9. The Morgan fingerprint density at radius 1 is 1.03 bits per heavy atom. The number of benzene rings is 2. The summed E-state index contributed by atoms with van der Waals surface area (Å²) >= 11 is 0. The van der Waals surface area contributed by atoms with Gasteiger partial charge in [-0.3, -0.25) is 19.6 Å². The van der Waals surface area contributed by atoms with E-state index in [2.05, 4.69) is 15.3 Å². The summed E-state index contributed by atoms with van der Waals surface area (Å²) in [5.74, 6) is -0.0965. The van der Waals surface area contributed by atoms with E-state index in [0.29, 0.717) is 17.7 Å². The summed E-state index contributed by atoms with van der Waals surface area (Å²) in [6.45, 7) is 2.18. The van der Waals surface area contributed by atoms with Crippen LogP contribution >= 0.6 is 0 Å². The first-order valence-electron chi connectivity index (χ1n) is 10.1. The predicted molar refractivity (Wildman–Crippen MR) is 123 cm³/mol. The van der Waals surface area contributed by atoms with E-state index in [-0.39, 0.29) is 23.8 Å².